The fourth-order valence-electron chi connectivity index (χ4n) is 6.08. The monoisotopic (exact) mass is 345 g/mol. The zero-order chi connectivity index (χ0) is 16.8. The van der Waals surface area contributed by atoms with E-state index in [9.17, 15) is 5.11 Å². The number of epoxide rings is 1. The van der Waals surface area contributed by atoms with Gasteiger partial charge in [0.05, 0.1) is 11.6 Å². The maximum absolute atomic E-state index is 10.9. The number of rotatable bonds is 1. The first-order chi connectivity index (χ1) is 12.2. The molecule has 4 aliphatic heterocycles. The van der Waals surface area contributed by atoms with Gasteiger partial charge >= 0.3 is 0 Å². The molecule has 0 amide bonds. The molecular formula is C19H23NO5. The Morgan fingerprint density at radius 3 is 2.92 bits per heavy atom. The second-order valence-corrected chi connectivity index (χ2v) is 7.96. The Morgan fingerprint density at radius 2 is 2.08 bits per heavy atom. The van der Waals surface area contributed by atoms with Crippen LogP contribution in [0.4, 0.5) is 0 Å². The molecule has 6 heteroatoms. The molecule has 0 bridgehead atoms. The van der Waals surface area contributed by atoms with Gasteiger partial charge in [-0.2, -0.15) is 0 Å². The fourth-order valence-corrected chi connectivity index (χ4v) is 6.08. The Bertz CT molecular complexity index is 754. The third-order valence-electron chi connectivity index (χ3n) is 7.11. The van der Waals surface area contributed by atoms with Crippen LogP contribution in [-0.2, 0) is 21.4 Å². The Kier molecular flexibility index (Phi) is 2.77. The smallest absolute Gasteiger partial charge is 0.231 e. The highest BCUT2D eigenvalue weighted by Crippen LogP contribution is 2.67. The summed E-state index contributed by atoms with van der Waals surface area (Å²) in [4.78, 5) is 2.55. The van der Waals surface area contributed by atoms with E-state index < -0.39 is 6.10 Å². The third-order valence-corrected chi connectivity index (χ3v) is 7.11. The van der Waals surface area contributed by atoms with Gasteiger partial charge in [0.1, 0.15) is 17.8 Å². The van der Waals surface area contributed by atoms with E-state index in [1.807, 2.05) is 0 Å². The Balaban J connectivity index is 1.57. The Morgan fingerprint density at radius 1 is 1.24 bits per heavy atom. The molecule has 1 aliphatic carbocycles. The summed E-state index contributed by atoms with van der Waals surface area (Å²) in [6.07, 6.45) is 3.00. The van der Waals surface area contributed by atoms with Crippen molar-refractivity contribution in [2.24, 2.45) is 0 Å². The lowest BCUT2D eigenvalue weighted by Crippen LogP contribution is -2.59. The lowest BCUT2D eigenvalue weighted by Gasteiger charge is -2.46. The van der Waals surface area contributed by atoms with E-state index in [0.29, 0.717) is 6.42 Å². The minimum atomic E-state index is -0.525. The first kappa shape index (κ1) is 14.8. The maximum Gasteiger partial charge on any atom is 0.231 e. The van der Waals surface area contributed by atoms with Crippen LogP contribution < -0.4 is 9.47 Å². The third kappa shape index (κ3) is 1.60. The standard InChI is InChI=1S/C19H23NO5/c1-22-16-13(21)9-18-12-8-15-14(23-10-24-15)7-11(12)3-2-5-20(18)6-4-19(18)17(16)25-19/h7-8,13,16-17,21H,2-6,9-10H2,1H3/t13-,16+,17+,18-,19-/m1/s1. The van der Waals surface area contributed by atoms with Crippen LogP contribution in [0.2, 0.25) is 0 Å². The molecule has 0 unspecified atom stereocenters. The summed E-state index contributed by atoms with van der Waals surface area (Å²) >= 11 is 0. The molecule has 6 nitrogen and oxygen atoms in total. The highest BCUT2D eigenvalue weighted by Gasteiger charge is 2.80. The average molecular weight is 345 g/mol. The lowest BCUT2D eigenvalue weighted by molar-refractivity contribution is -0.0729. The van der Waals surface area contributed by atoms with Crippen molar-refractivity contribution in [2.75, 3.05) is 27.0 Å². The quantitative estimate of drug-likeness (QED) is 0.771. The number of hydrogen-bond acceptors (Lipinski definition) is 6. The summed E-state index contributed by atoms with van der Waals surface area (Å²) in [5, 5.41) is 10.9. The molecule has 2 spiro atoms. The predicted octanol–water partition coefficient (Wildman–Crippen LogP) is 1.18. The van der Waals surface area contributed by atoms with Crippen molar-refractivity contribution in [3.8, 4) is 11.5 Å². The van der Waals surface area contributed by atoms with E-state index in [1.54, 1.807) is 7.11 Å². The summed E-state index contributed by atoms with van der Waals surface area (Å²) in [5.41, 5.74) is 2.06. The highest BCUT2D eigenvalue weighted by molar-refractivity contribution is 5.54. The van der Waals surface area contributed by atoms with Crippen LogP contribution in [0.3, 0.4) is 0 Å². The molecule has 1 N–H and O–H groups in total. The number of benzene rings is 1. The van der Waals surface area contributed by atoms with E-state index in [4.69, 9.17) is 18.9 Å². The Hall–Kier alpha value is -1.34. The zero-order valence-corrected chi connectivity index (χ0v) is 14.4. The molecule has 5 atom stereocenters. The van der Waals surface area contributed by atoms with Gasteiger partial charge in [-0.05, 0) is 49.1 Å². The summed E-state index contributed by atoms with van der Waals surface area (Å²) in [7, 11) is 1.67. The van der Waals surface area contributed by atoms with Crippen LogP contribution in [-0.4, -0.2) is 60.9 Å². The number of methoxy groups -OCH3 is 1. The molecular weight excluding hydrogens is 322 g/mol. The van der Waals surface area contributed by atoms with Crippen molar-refractivity contribution in [3.05, 3.63) is 23.3 Å². The first-order valence-electron chi connectivity index (χ1n) is 9.26. The number of aliphatic hydroxyl groups is 1. The normalized spacial score (nSPS) is 43.7. The molecule has 4 heterocycles. The van der Waals surface area contributed by atoms with Crippen molar-refractivity contribution >= 4 is 0 Å². The minimum Gasteiger partial charge on any atom is -0.454 e. The number of ether oxygens (including phenoxy) is 4. The Labute approximate surface area is 146 Å². The SMILES string of the molecule is CO[C@H]1[C@H](O)C[C@]23c4cc5c(cc4CCCN2CC[C@]32O[C@@H]12)OCO5. The second-order valence-electron chi connectivity index (χ2n) is 7.96. The first-order valence-corrected chi connectivity index (χ1v) is 9.26. The molecule has 0 aromatic heterocycles. The van der Waals surface area contributed by atoms with E-state index in [0.717, 1.165) is 43.9 Å². The molecule has 6 rings (SSSR count). The van der Waals surface area contributed by atoms with Gasteiger partial charge in [0, 0.05) is 20.1 Å². The average Bonchev–Trinajstić information content (AvgIpc) is 3.07. The van der Waals surface area contributed by atoms with Crippen LogP contribution in [0, 0.1) is 0 Å². The lowest BCUT2D eigenvalue weighted by atomic mass is 9.66. The molecule has 1 aromatic carbocycles. The van der Waals surface area contributed by atoms with Crippen molar-refractivity contribution in [1.82, 2.24) is 4.90 Å². The number of aryl methyl sites for hydroxylation is 1. The highest BCUT2D eigenvalue weighted by atomic mass is 16.7. The second kappa shape index (κ2) is 4.68. The van der Waals surface area contributed by atoms with Gasteiger partial charge in [0.15, 0.2) is 11.5 Å². The van der Waals surface area contributed by atoms with Crippen LogP contribution in [0.1, 0.15) is 30.4 Å². The minimum absolute atomic E-state index is 0.0253. The van der Waals surface area contributed by atoms with Crippen molar-refractivity contribution < 1.29 is 24.1 Å². The van der Waals surface area contributed by atoms with E-state index in [2.05, 4.69) is 17.0 Å². The van der Waals surface area contributed by atoms with Gasteiger partial charge in [-0.25, -0.2) is 0 Å². The van der Waals surface area contributed by atoms with E-state index in [-0.39, 0.29) is 30.1 Å². The van der Waals surface area contributed by atoms with Gasteiger partial charge in [0.2, 0.25) is 6.79 Å². The molecule has 1 aromatic rings. The number of fused-ring (bicyclic) bond motifs is 2. The zero-order valence-electron chi connectivity index (χ0n) is 14.4. The fraction of sp³-hybridized carbons (Fsp3) is 0.684. The van der Waals surface area contributed by atoms with Gasteiger partial charge < -0.3 is 24.1 Å². The molecule has 134 valence electrons. The largest absolute Gasteiger partial charge is 0.454 e. The van der Waals surface area contributed by atoms with Gasteiger partial charge in [-0.15, -0.1) is 0 Å². The molecule has 3 fully saturated rings. The number of aliphatic hydroxyl groups excluding tert-OH is 1. The number of nitrogens with zero attached hydrogens (tertiary/aromatic N) is 1. The van der Waals surface area contributed by atoms with Crippen LogP contribution in [0.25, 0.3) is 0 Å². The summed E-state index contributed by atoms with van der Waals surface area (Å²) in [6, 6.07) is 4.30. The van der Waals surface area contributed by atoms with Crippen molar-refractivity contribution in [3.63, 3.8) is 0 Å². The van der Waals surface area contributed by atoms with Crippen LogP contribution >= 0.6 is 0 Å². The molecule has 1 saturated carbocycles. The van der Waals surface area contributed by atoms with Crippen molar-refractivity contribution in [1.29, 1.82) is 0 Å². The predicted molar refractivity (Wildman–Crippen MR) is 87.8 cm³/mol. The topological polar surface area (TPSA) is 63.7 Å². The molecule has 0 radical (unpaired) electrons. The maximum atomic E-state index is 10.9. The van der Waals surface area contributed by atoms with Crippen LogP contribution in [0.15, 0.2) is 12.1 Å². The van der Waals surface area contributed by atoms with Crippen molar-refractivity contribution in [2.45, 2.75) is 55.1 Å². The molecule has 5 aliphatic rings. The summed E-state index contributed by atoms with van der Waals surface area (Å²) in [6.45, 7) is 2.32. The number of hydrogen-bond donors (Lipinski definition) is 1. The molecule has 25 heavy (non-hydrogen) atoms. The van der Waals surface area contributed by atoms with Gasteiger partial charge in [0.25, 0.3) is 0 Å². The molecule has 2 saturated heterocycles. The summed E-state index contributed by atoms with van der Waals surface area (Å²) in [5.74, 6) is 1.66. The van der Waals surface area contributed by atoms with Crippen LogP contribution in [0.5, 0.6) is 11.5 Å². The van der Waals surface area contributed by atoms with E-state index >= 15 is 0 Å². The van der Waals surface area contributed by atoms with Gasteiger partial charge in [-0.1, -0.05) is 0 Å². The van der Waals surface area contributed by atoms with Gasteiger partial charge in [-0.3, -0.25) is 4.90 Å². The summed E-state index contributed by atoms with van der Waals surface area (Å²) < 4.78 is 23.2. The van der Waals surface area contributed by atoms with E-state index in [1.165, 1.54) is 11.1 Å².